The summed E-state index contributed by atoms with van der Waals surface area (Å²) in [6.45, 7) is 1.60. The average Bonchev–Trinajstić information content (AvgIpc) is 2.78. The minimum atomic E-state index is -1.06. The molecule has 0 bridgehead atoms. The quantitative estimate of drug-likeness (QED) is 0.873. The molecule has 1 amide bonds. The summed E-state index contributed by atoms with van der Waals surface area (Å²) >= 11 is 1.03. The number of thiazole rings is 1. The molecule has 1 aromatic carbocycles. The van der Waals surface area contributed by atoms with Gasteiger partial charge in [0.1, 0.15) is 23.5 Å². The molecule has 0 saturated carbocycles. The second kappa shape index (κ2) is 7.07. The van der Waals surface area contributed by atoms with Crippen LogP contribution in [0.15, 0.2) is 12.1 Å². The van der Waals surface area contributed by atoms with Gasteiger partial charge in [-0.3, -0.25) is 4.79 Å². The van der Waals surface area contributed by atoms with Crippen molar-refractivity contribution in [3.63, 3.8) is 0 Å². The van der Waals surface area contributed by atoms with Crippen LogP contribution in [-0.2, 0) is 9.53 Å². The van der Waals surface area contributed by atoms with Gasteiger partial charge in [0.15, 0.2) is 5.13 Å². The Morgan fingerprint density at radius 1 is 1.39 bits per heavy atom. The maximum absolute atomic E-state index is 13.8. The van der Waals surface area contributed by atoms with E-state index in [0.717, 1.165) is 11.3 Å². The molecule has 0 aliphatic carbocycles. The summed E-state index contributed by atoms with van der Waals surface area (Å²) in [6, 6.07) is 0.250. The SMILES string of the molecule is COCC(N)C(=O)Nc1nc(-c2c(F)cc(F)cc2F)c(C)s1. The molecule has 0 aliphatic heterocycles. The van der Waals surface area contributed by atoms with Crippen LogP contribution in [0.4, 0.5) is 18.3 Å². The van der Waals surface area contributed by atoms with E-state index in [4.69, 9.17) is 10.5 Å². The number of anilines is 1. The molecule has 0 saturated heterocycles. The number of aromatic nitrogens is 1. The van der Waals surface area contributed by atoms with E-state index in [2.05, 4.69) is 10.3 Å². The number of amides is 1. The molecule has 2 rings (SSSR count). The Kier molecular flexibility index (Phi) is 5.34. The zero-order valence-corrected chi connectivity index (χ0v) is 13.1. The maximum Gasteiger partial charge on any atom is 0.245 e. The van der Waals surface area contributed by atoms with Crippen molar-refractivity contribution in [3.8, 4) is 11.3 Å². The third-order valence-electron chi connectivity index (χ3n) is 2.95. The van der Waals surface area contributed by atoms with Gasteiger partial charge in [-0.15, -0.1) is 11.3 Å². The average molecular weight is 345 g/mol. The number of nitrogens with one attached hydrogen (secondary N) is 1. The predicted octanol–water partition coefficient (Wildman–Crippen LogP) is 2.45. The molecule has 5 nitrogen and oxygen atoms in total. The Morgan fingerprint density at radius 2 is 2.00 bits per heavy atom. The number of carbonyl (C=O) groups excluding carboxylic acids is 1. The first-order chi connectivity index (χ1) is 10.8. The summed E-state index contributed by atoms with van der Waals surface area (Å²) in [5.74, 6) is -3.68. The van der Waals surface area contributed by atoms with Crippen molar-refractivity contribution >= 4 is 22.4 Å². The standard InChI is InChI=1S/C14H14F3N3O2S/c1-6-12(11-8(16)3-7(15)4-9(11)17)19-14(23-6)20-13(21)10(18)5-22-2/h3-4,10H,5,18H2,1-2H3,(H,19,20,21). The number of nitrogens with two attached hydrogens (primary N) is 1. The first-order valence-electron chi connectivity index (χ1n) is 6.51. The van der Waals surface area contributed by atoms with Gasteiger partial charge in [-0.1, -0.05) is 0 Å². The van der Waals surface area contributed by atoms with Crippen LogP contribution in [0.1, 0.15) is 4.88 Å². The number of carbonyl (C=O) groups is 1. The van der Waals surface area contributed by atoms with Gasteiger partial charge in [-0.2, -0.15) is 0 Å². The number of benzene rings is 1. The number of nitrogens with zero attached hydrogens (tertiary/aromatic N) is 1. The molecular formula is C14H14F3N3O2S. The van der Waals surface area contributed by atoms with Gasteiger partial charge in [0.25, 0.3) is 0 Å². The third-order valence-corrected chi connectivity index (χ3v) is 3.84. The highest BCUT2D eigenvalue weighted by atomic mass is 32.1. The Labute approximate surface area is 134 Å². The molecule has 1 atom stereocenters. The molecular weight excluding hydrogens is 331 g/mol. The number of aryl methyl sites for hydroxylation is 1. The Bertz CT molecular complexity index is 713. The smallest absolute Gasteiger partial charge is 0.245 e. The van der Waals surface area contributed by atoms with Crippen molar-refractivity contribution in [2.45, 2.75) is 13.0 Å². The maximum atomic E-state index is 13.8. The molecule has 0 spiro atoms. The van der Waals surface area contributed by atoms with E-state index >= 15 is 0 Å². The number of rotatable bonds is 5. The van der Waals surface area contributed by atoms with Crippen molar-refractivity contribution in [3.05, 3.63) is 34.5 Å². The van der Waals surface area contributed by atoms with E-state index in [-0.39, 0.29) is 17.4 Å². The molecule has 23 heavy (non-hydrogen) atoms. The number of methoxy groups -OCH3 is 1. The molecule has 1 unspecified atom stereocenters. The van der Waals surface area contributed by atoms with Crippen LogP contribution in [-0.4, -0.2) is 30.6 Å². The van der Waals surface area contributed by atoms with Crippen LogP contribution >= 0.6 is 11.3 Å². The van der Waals surface area contributed by atoms with Crippen LogP contribution in [0.2, 0.25) is 0 Å². The summed E-state index contributed by atoms with van der Waals surface area (Å²) in [7, 11) is 1.40. The summed E-state index contributed by atoms with van der Waals surface area (Å²) < 4.78 is 45.4. The fourth-order valence-electron chi connectivity index (χ4n) is 1.90. The molecule has 0 radical (unpaired) electrons. The highest BCUT2D eigenvalue weighted by Crippen LogP contribution is 2.34. The van der Waals surface area contributed by atoms with Crippen LogP contribution in [0, 0.1) is 24.4 Å². The zero-order chi connectivity index (χ0) is 17.1. The first-order valence-corrected chi connectivity index (χ1v) is 7.32. The van der Waals surface area contributed by atoms with E-state index in [1.54, 1.807) is 6.92 Å². The van der Waals surface area contributed by atoms with E-state index in [9.17, 15) is 18.0 Å². The van der Waals surface area contributed by atoms with E-state index in [1.165, 1.54) is 7.11 Å². The van der Waals surface area contributed by atoms with Crippen molar-refractivity contribution in [2.75, 3.05) is 19.0 Å². The Hall–Kier alpha value is -1.97. The minimum Gasteiger partial charge on any atom is -0.383 e. The van der Waals surface area contributed by atoms with Crippen molar-refractivity contribution in [1.82, 2.24) is 4.98 Å². The summed E-state index contributed by atoms with van der Waals surface area (Å²) in [5, 5.41) is 2.59. The summed E-state index contributed by atoms with van der Waals surface area (Å²) in [5.41, 5.74) is 5.13. The third kappa shape index (κ3) is 3.87. The van der Waals surface area contributed by atoms with Crippen LogP contribution in [0.25, 0.3) is 11.3 Å². The number of hydrogen-bond donors (Lipinski definition) is 2. The lowest BCUT2D eigenvalue weighted by Gasteiger charge is -2.08. The molecule has 2 aromatic rings. The molecule has 1 aromatic heterocycles. The molecule has 0 fully saturated rings. The normalized spacial score (nSPS) is 12.3. The minimum absolute atomic E-state index is 0.000568. The van der Waals surface area contributed by atoms with Gasteiger partial charge in [-0.25, -0.2) is 18.2 Å². The second-order valence-corrected chi connectivity index (χ2v) is 5.92. The Morgan fingerprint density at radius 3 is 2.57 bits per heavy atom. The lowest BCUT2D eigenvalue weighted by atomic mass is 10.1. The number of halogens is 3. The van der Waals surface area contributed by atoms with E-state index in [0.29, 0.717) is 17.0 Å². The molecule has 9 heteroatoms. The van der Waals surface area contributed by atoms with Crippen LogP contribution in [0.3, 0.4) is 0 Å². The van der Waals surface area contributed by atoms with E-state index < -0.39 is 35.0 Å². The lowest BCUT2D eigenvalue weighted by molar-refractivity contribution is -0.118. The van der Waals surface area contributed by atoms with Gasteiger partial charge in [-0.05, 0) is 6.92 Å². The summed E-state index contributed by atoms with van der Waals surface area (Å²) in [4.78, 5) is 16.3. The highest BCUT2D eigenvalue weighted by Gasteiger charge is 2.21. The van der Waals surface area contributed by atoms with Crippen LogP contribution < -0.4 is 11.1 Å². The van der Waals surface area contributed by atoms with Crippen molar-refractivity contribution < 1.29 is 22.7 Å². The van der Waals surface area contributed by atoms with Gasteiger partial charge < -0.3 is 15.8 Å². The van der Waals surface area contributed by atoms with Crippen molar-refractivity contribution in [1.29, 1.82) is 0 Å². The van der Waals surface area contributed by atoms with Gasteiger partial charge in [0.2, 0.25) is 5.91 Å². The monoisotopic (exact) mass is 345 g/mol. The fourth-order valence-corrected chi connectivity index (χ4v) is 2.73. The first kappa shape index (κ1) is 17.4. The number of ether oxygens (including phenoxy) is 1. The Balaban J connectivity index is 2.31. The predicted molar refractivity (Wildman–Crippen MR) is 80.6 cm³/mol. The fraction of sp³-hybridized carbons (Fsp3) is 0.286. The number of hydrogen-bond acceptors (Lipinski definition) is 5. The van der Waals surface area contributed by atoms with Gasteiger partial charge >= 0.3 is 0 Å². The lowest BCUT2D eigenvalue weighted by Crippen LogP contribution is -2.39. The van der Waals surface area contributed by atoms with Gasteiger partial charge in [0, 0.05) is 24.1 Å². The van der Waals surface area contributed by atoms with Crippen LogP contribution in [0.5, 0.6) is 0 Å². The second-order valence-electron chi connectivity index (χ2n) is 4.72. The largest absolute Gasteiger partial charge is 0.383 e. The highest BCUT2D eigenvalue weighted by molar-refractivity contribution is 7.16. The zero-order valence-electron chi connectivity index (χ0n) is 12.3. The molecule has 0 aliphatic rings. The molecule has 3 N–H and O–H groups in total. The topological polar surface area (TPSA) is 77.2 Å². The van der Waals surface area contributed by atoms with Gasteiger partial charge in [0.05, 0.1) is 17.9 Å². The molecule has 1 heterocycles. The van der Waals surface area contributed by atoms with Crippen molar-refractivity contribution in [2.24, 2.45) is 5.73 Å². The summed E-state index contributed by atoms with van der Waals surface area (Å²) in [6.07, 6.45) is 0. The molecule has 124 valence electrons. The van der Waals surface area contributed by atoms with E-state index in [1.807, 2.05) is 0 Å².